The van der Waals surface area contributed by atoms with Crippen LogP contribution in [0.3, 0.4) is 0 Å². The Bertz CT molecular complexity index is 852. The van der Waals surface area contributed by atoms with Crippen molar-refractivity contribution in [2.75, 3.05) is 5.32 Å². The van der Waals surface area contributed by atoms with Crippen LogP contribution in [0.4, 0.5) is 11.4 Å². The highest BCUT2D eigenvalue weighted by atomic mass is 16.6. The summed E-state index contributed by atoms with van der Waals surface area (Å²) < 4.78 is 6.24. The highest BCUT2D eigenvalue weighted by Crippen LogP contribution is 2.44. The van der Waals surface area contributed by atoms with Crippen molar-refractivity contribution in [2.45, 2.75) is 31.5 Å². The first kappa shape index (κ1) is 17.8. The molecule has 26 heavy (non-hydrogen) atoms. The van der Waals surface area contributed by atoms with E-state index in [1.165, 1.54) is 18.2 Å². The zero-order valence-electron chi connectivity index (χ0n) is 14.2. The molecule has 1 aliphatic heterocycles. The van der Waals surface area contributed by atoms with E-state index in [0.717, 1.165) is 5.56 Å². The summed E-state index contributed by atoms with van der Waals surface area (Å²) >= 11 is 0. The molecule has 7 heteroatoms. The first-order valence-electron chi connectivity index (χ1n) is 8.16. The van der Waals surface area contributed by atoms with Crippen molar-refractivity contribution < 1.29 is 19.2 Å². The van der Waals surface area contributed by atoms with Crippen LogP contribution in [0, 0.1) is 10.1 Å². The minimum absolute atomic E-state index is 0.00355. The van der Waals surface area contributed by atoms with Crippen LogP contribution < -0.4 is 5.32 Å². The maximum atomic E-state index is 12.4. The van der Waals surface area contributed by atoms with Gasteiger partial charge in [-0.1, -0.05) is 30.3 Å². The second kappa shape index (κ2) is 7.05. The van der Waals surface area contributed by atoms with Crippen LogP contribution in [0.5, 0.6) is 0 Å². The molecule has 7 nitrogen and oxygen atoms in total. The summed E-state index contributed by atoms with van der Waals surface area (Å²) in [6.45, 7) is 1.72. The predicted molar refractivity (Wildman–Crippen MR) is 94.6 cm³/mol. The lowest BCUT2D eigenvalue weighted by molar-refractivity contribution is -0.385. The molecule has 1 N–H and O–H groups in total. The summed E-state index contributed by atoms with van der Waals surface area (Å²) in [6.07, 6.45) is 0.356. The van der Waals surface area contributed by atoms with E-state index in [1.807, 2.05) is 30.3 Å². The fourth-order valence-corrected chi connectivity index (χ4v) is 3.34. The summed E-state index contributed by atoms with van der Waals surface area (Å²) in [5, 5.41) is 13.7. The van der Waals surface area contributed by atoms with E-state index in [-0.39, 0.29) is 24.3 Å². The highest BCUT2D eigenvalue weighted by Gasteiger charge is 2.41. The number of benzene rings is 2. The second-order valence-corrected chi connectivity index (χ2v) is 6.42. The van der Waals surface area contributed by atoms with Gasteiger partial charge in [-0.3, -0.25) is 19.7 Å². The van der Waals surface area contributed by atoms with Gasteiger partial charge < -0.3 is 10.1 Å². The molecule has 0 aromatic heterocycles. The van der Waals surface area contributed by atoms with Crippen molar-refractivity contribution in [1.29, 1.82) is 0 Å². The van der Waals surface area contributed by atoms with Crippen LogP contribution >= 0.6 is 0 Å². The van der Waals surface area contributed by atoms with Gasteiger partial charge in [0.1, 0.15) is 11.4 Å². The van der Waals surface area contributed by atoms with Crippen molar-refractivity contribution in [3.8, 4) is 0 Å². The van der Waals surface area contributed by atoms with Gasteiger partial charge in [-0.25, -0.2) is 0 Å². The van der Waals surface area contributed by atoms with Crippen molar-refractivity contribution in [3.63, 3.8) is 0 Å². The van der Waals surface area contributed by atoms with E-state index in [9.17, 15) is 19.7 Å². The zero-order valence-corrected chi connectivity index (χ0v) is 14.2. The monoisotopic (exact) mass is 354 g/mol. The van der Waals surface area contributed by atoms with Gasteiger partial charge in [-0.15, -0.1) is 0 Å². The number of ketones is 1. The summed E-state index contributed by atoms with van der Waals surface area (Å²) in [6, 6.07) is 13.5. The molecule has 0 spiro atoms. The van der Waals surface area contributed by atoms with E-state index in [4.69, 9.17) is 4.74 Å². The smallest absolute Gasteiger partial charge is 0.269 e. The van der Waals surface area contributed by atoms with Crippen LogP contribution in [0.15, 0.2) is 48.5 Å². The summed E-state index contributed by atoms with van der Waals surface area (Å²) in [5.74, 6) is -0.00355. The Morgan fingerprint density at radius 3 is 2.65 bits per heavy atom. The third-order valence-corrected chi connectivity index (χ3v) is 4.52. The molecular weight excluding hydrogens is 336 g/mol. The molecule has 2 atom stereocenters. The van der Waals surface area contributed by atoms with Crippen molar-refractivity contribution >= 4 is 23.6 Å². The molecule has 0 saturated carbocycles. The number of hydrogen-bond donors (Lipinski definition) is 1. The molecule has 1 amide bonds. The van der Waals surface area contributed by atoms with Crippen LogP contribution in [0.1, 0.15) is 37.0 Å². The minimum atomic E-state index is -1.09. The average molecular weight is 354 g/mol. The molecule has 1 heterocycles. The van der Waals surface area contributed by atoms with E-state index in [0.29, 0.717) is 17.7 Å². The van der Waals surface area contributed by atoms with E-state index in [1.54, 1.807) is 6.92 Å². The predicted octanol–water partition coefficient (Wildman–Crippen LogP) is 3.50. The third-order valence-electron chi connectivity index (χ3n) is 4.52. The van der Waals surface area contributed by atoms with Gasteiger partial charge in [-0.2, -0.15) is 0 Å². The number of carbonyl (C=O) groups is 2. The zero-order chi connectivity index (χ0) is 18.7. The largest absolute Gasteiger partial charge is 0.362 e. The molecule has 1 aliphatic rings. The SMILES string of the molecule is C[C@@]1(c2cc([N+](=O)[O-])ccc2NC=O)CC(=O)C[C@H](c2ccccc2)O1. The van der Waals surface area contributed by atoms with Gasteiger partial charge in [-0.05, 0) is 18.6 Å². The molecule has 2 aromatic rings. The van der Waals surface area contributed by atoms with E-state index < -0.39 is 16.6 Å². The van der Waals surface area contributed by atoms with Gasteiger partial charge in [0.25, 0.3) is 5.69 Å². The number of nitro benzene ring substituents is 1. The maximum absolute atomic E-state index is 12.4. The number of nitrogens with zero attached hydrogens (tertiary/aromatic N) is 1. The lowest BCUT2D eigenvalue weighted by atomic mass is 9.83. The molecule has 2 aromatic carbocycles. The van der Waals surface area contributed by atoms with Gasteiger partial charge in [0.15, 0.2) is 0 Å². The molecule has 0 aliphatic carbocycles. The molecule has 3 rings (SSSR count). The lowest BCUT2D eigenvalue weighted by Crippen LogP contribution is -2.37. The average Bonchev–Trinajstić information content (AvgIpc) is 2.62. The Morgan fingerprint density at radius 2 is 2.00 bits per heavy atom. The Balaban J connectivity index is 2.05. The maximum Gasteiger partial charge on any atom is 0.269 e. The number of non-ortho nitro benzene ring substituents is 1. The van der Waals surface area contributed by atoms with Crippen LogP contribution in [-0.4, -0.2) is 17.1 Å². The number of Topliss-reactive ketones (excluding diaryl/α,β-unsaturated/α-hetero) is 1. The number of ether oxygens (including phenoxy) is 1. The number of anilines is 1. The Kier molecular flexibility index (Phi) is 4.81. The Morgan fingerprint density at radius 1 is 1.27 bits per heavy atom. The Hall–Kier alpha value is -3.06. The summed E-state index contributed by atoms with van der Waals surface area (Å²) in [4.78, 5) is 34.0. The van der Waals surface area contributed by atoms with Crippen molar-refractivity contribution in [2.24, 2.45) is 0 Å². The molecule has 0 unspecified atom stereocenters. The number of hydrogen-bond acceptors (Lipinski definition) is 5. The van der Waals surface area contributed by atoms with Gasteiger partial charge >= 0.3 is 0 Å². The number of rotatable bonds is 5. The molecular formula is C19H18N2O5. The second-order valence-electron chi connectivity index (χ2n) is 6.42. The third kappa shape index (κ3) is 3.48. The number of carbonyl (C=O) groups excluding carboxylic acids is 2. The van der Waals surface area contributed by atoms with Crippen LogP contribution in [0.2, 0.25) is 0 Å². The summed E-state index contributed by atoms with van der Waals surface area (Å²) in [5.41, 5.74) is 0.438. The topological polar surface area (TPSA) is 98.5 Å². The number of nitro groups is 1. The molecule has 1 saturated heterocycles. The fourth-order valence-electron chi connectivity index (χ4n) is 3.34. The van der Waals surface area contributed by atoms with E-state index in [2.05, 4.69) is 5.32 Å². The van der Waals surface area contributed by atoms with Gasteiger partial charge in [0.05, 0.1) is 11.0 Å². The van der Waals surface area contributed by atoms with Gasteiger partial charge in [0, 0.05) is 36.2 Å². The van der Waals surface area contributed by atoms with E-state index >= 15 is 0 Å². The molecule has 0 bridgehead atoms. The van der Waals surface area contributed by atoms with Gasteiger partial charge in [0.2, 0.25) is 6.41 Å². The normalized spacial score (nSPS) is 22.7. The quantitative estimate of drug-likeness (QED) is 0.503. The summed E-state index contributed by atoms with van der Waals surface area (Å²) in [7, 11) is 0. The number of amides is 1. The first-order valence-corrected chi connectivity index (χ1v) is 8.16. The first-order chi connectivity index (χ1) is 12.4. The van der Waals surface area contributed by atoms with Crippen LogP contribution in [0.25, 0.3) is 0 Å². The number of nitrogens with one attached hydrogen (secondary N) is 1. The fraction of sp³-hybridized carbons (Fsp3) is 0.263. The minimum Gasteiger partial charge on any atom is -0.362 e. The van der Waals surface area contributed by atoms with Crippen molar-refractivity contribution in [1.82, 2.24) is 0 Å². The molecule has 0 radical (unpaired) electrons. The Labute approximate surface area is 150 Å². The standard InChI is InChI=1S/C19H18N2O5/c1-19(16-9-14(21(24)25)7-8-17(16)20-12-22)11-15(23)10-18(26-19)13-5-3-2-4-6-13/h2-9,12,18H,10-11H2,1H3,(H,20,22)/t18-,19+/m1/s1. The molecule has 134 valence electrons. The van der Waals surface area contributed by atoms with Crippen molar-refractivity contribution in [3.05, 3.63) is 69.8 Å². The molecule has 1 fully saturated rings. The van der Waals surface area contributed by atoms with Crippen LogP contribution in [-0.2, 0) is 19.9 Å². The lowest BCUT2D eigenvalue weighted by Gasteiger charge is -2.39. The highest BCUT2D eigenvalue weighted by molar-refractivity contribution is 5.82.